The molecule has 0 saturated carbocycles. The Bertz CT molecular complexity index is 622. The molecule has 0 amide bonds. The fourth-order valence-electron chi connectivity index (χ4n) is 1.96. The highest BCUT2D eigenvalue weighted by Gasteiger charge is 2.13. The van der Waals surface area contributed by atoms with Crippen LogP contribution in [-0.2, 0) is 16.1 Å². The minimum absolute atomic E-state index is 0.218. The van der Waals surface area contributed by atoms with Crippen molar-refractivity contribution in [1.29, 1.82) is 0 Å². The summed E-state index contributed by atoms with van der Waals surface area (Å²) in [5, 5.41) is 0.218. The van der Waals surface area contributed by atoms with Gasteiger partial charge < -0.3 is 9.30 Å². The van der Waals surface area contributed by atoms with E-state index in [0.717, 1.165) is 0 Å². The van der Waals surface area contributed by atoms with Gasteiger partial charge >= 0.3 is 5.97 Å². The number of rotatable bonds is 5. The third kappa shape index (κ3) is 2.62. The normalized spacial score (nSPS) is 10.6. The zero-order valence-corrected chi connectivity index (χ0v) is 10.4. The molecule has 0 spiro atoms. The SMILES string of the molecule is COC(=O)CCCn1cc(C=O)c2c(F)ccnc21. The highest BCUT2D eigenvalue weighted by Crippen LogP contribution is 2.21. The van der Waals surface area contributed by atoms with Crippen LogP contribution in [0.3, 0.4) is 0 Å². The number of aromatic nitrogens is 2. The fraction of sp³-hybridized carbons (Fsp3) is 0.308. The fourth-order valence-corrected chi connectivity index (χ4v) is 1.96. The molecule has 5 nitrogen and oxygen atoms in total. The van der Waals surface area contributed by atoms with Crippen LogP contribution in [0.4, 0.5) is 4.39 Å². The Morgan fingerprint density at radius 1 is 1.58 bits per heavy atom. The first-order valence-electron chi connectivity index (χ1n) is 5.82. The van der Waals surface area contributed by atoms with Crippen LogP contribution in [0.1, 0.15) is 23.2 Å². The van der Waals surface area contributed by atoms with E-state index in [4.69, 9.17) is 0 Å². The topological polar surface area (TPSA) is 61.2 Å². The van der Waals surface area contributed by atoms with Crippen molar-refractivity contribution in [2.24, 2.45) is 0 Å². The van der Waals surface area contributed by atoms with Gasteiger partial charge in [-0.1, -0.05) is 0 Å². The van der Waals surface area contributed by atoms with Crippen molar-refractivity contribution in [3.63, 3.8) is 0 Å². The van der Waals surface area contributed by atoms with Crippen LogP contribution < -0.4 is 0 Å². The average molecular weight is 264 g/mol. The summed E-state index contributed by atoms with van der Waals surface area (Å²) in [5.41, 5.74) is 0.672. The molecule has 0 radical (unpaired) electrons. The summed E-state index contributed by atoms with van der Waals surface area (Å²) in [6.07, 6.45) is 4.30. The molecule has 0 aromatic carbocycles. The molecule has 2 rings (SSSR count). The molecular formula is C13H13FN2O3. The number of hydrogen-bond acceptors (Lipinski definition) is 4. The Kier molecular flexibility index (Phi) is 3.89. The summed E-state index contributed by atoms with van der Waals surface area (Å²) in [5.74, 6) is -0.773. The van der Waals surface area contributed by atoms with Gasteiger partial charge in [0.25, 0.3) is 0 Å². The zero-order valence-electron chi connectivity index (χ0n) is 10.4. The van der Waals surface area contributed by atoms with Gasteiger partial charge in [-0.2, -0.15) is 0 Å². The number of ether oxygens (including phenoxy) is 1. The van der Waals surface area contributed by atoms with E-state index in [1.54, 1.807) is 10.8 Å². The highest BCUT2D eigenvalue weighted by molar-refractivity contribution is 5.96. The van der Waals surface area contributed by atoms with Gasteiger partial charge in [-0.3, -0.25) is 9.59 Å². The van der Waals surface area contributed by atoms with E-state index in [9.17, 15) is 14.0 Å². The first kappa shape index (κ1) is 13.2. The number of methoxy groups -OCH3 is 1. The number of hydrogen-bond donors (Lipinski definition) is 0. The maximum atomic E-state index is 13.7. The summed E-state index contributed by atoms with van der Waals surface area (Å²) in [7, 11) is 1.33. The summed E-state index contributed by atoms with van der Waals surface area (Å²) in [4.78, 5) is 26.0. The Morgan fingerprint density at radius 2 is 2.37 bits per heavy atom. The lowest BCUT2D eigenvalue weighted by atomic mass is 10.2. The standard InChI is InChI=1S/C13H13FN2O3/c1-19-11(18)3-2-6-16-7-9(8-17)12-10(14)4-5-15-13(12)16/h4-5,7-8H,2-3,6H2,1H3. The van der Waals surface area contributed by atoms with Crippen molar-refractivity contribution in [3.05, 3.63) is 29.8 Å². The molecule has 0 aliphatic heterocycles. The molecule has 0 unspecified atom stereocenters. The van der Waals surface area contributed by atoms with E-state index >= 15 is 0 Å². The van der Waals surface area contributed by atoms with Crippen LogP contribution in [0.15, 0.2) is 18.5 Å². The van der Waals surface area contributed by atoms with Crippen LogP contribution in [0, 0.1) is 5.82 Å². The van der Waals surface area contributed by atoms with Gasteiger partial charge in [-0.05, 0) is 12.5 Å². The second-order valence-electron chi connectivity index (χ2n) is 4.07. The summed E-state index contributed by atoms with van der Waals surface area (Å²) in [6, 6.07) is 1.22. The van der Waals surface area contributed by atoms with Gasteiger partial charge in [0.05, 0.1) is 12.5 Å². The molecule has 0 fully saturated rings. The van der Waals surface area contributed by atoms with E-state index in [2.05, 4.69) is 9.72 Å². The van der Waals surface area contributed by atoms with Crippen LogP contribution in [0.5, 0.6) is 0 Å². The molecule has 0 saturated heterocycles. The number of pyridine rings is 1. The number of halogens is 1. The third-order valence-corrected chi connectivity index (χ3v) is 2.87. The monoisotopic (exact) mass is 264 g/mol. The molecule has 0 atom stereocenters. The number of fused-ring (bicyclic) bond motifs is 1. The third-order valence-electron chi connectivity index (χ3n) is 2.87. The molecule has 19 heavy (non-hydrogen) atoms. The number of esters is 1. The summed E-state index contributed by atoms with van der Waals surface area (Å²) in [6.45, 7) is 0.468. The van der Waals surface area contributed by atoms with E-state index < -0.39 is 5.82 Å². The van der Waals surface area contributed by atoms with Crippen molar-refractivity contribution in [2.75, 3.05) is 7.11 Å². The first-order chi connectivity index (χ1) is 9.17. The number of carbonyl (C=O) groups excluding carboxylic acids is 2. The van der Waals surface area contributed by atoms with E-state index in [-0.39, 0.29) is 23.3 Å². The van der Waals surface area contributed by atoms with Gasteiger partial charge in [0.1, 0.15) is 11.5 Å². The van der Waals surface area contributed by atoms with Crippen molar-refractivity contribution in [3.8, 4) is 0 Å². The predicted molar refractivity (Wildman–Crippen MR) is 66.3 cm³/mol. The van der Waals surface area contributed by atoms with Crippen LogP contribution >= 0.6 is 0 Å². The minimum Gasteiger partial charge on any atom is -0.469 e. The number of aryl methyl sites for hydroxylation is 1. The molecule has 0 aliphatic rings. The average Bonchev–Trinajstić information content (AvgIpc) is 2.78. The Labute approximate surface area is 109 Å². The van der Waals surface area contributed by atoms with Gasteiger partial charge in [-0.15, -0.1) is 0 Å². The second-order valence-corrected chi connectivity index (χ2v) is 4.07. The van der Waals surface area contributed by atoms with Crippen LogP contribution in [0.25, 0.3) is 11.0 Å². The minimum atomic E-state index is -0.473. The molecule has 0 aliphatic carbocycles. The quantitative estimate of drug-likeness (QED) is 0.611. The molecule has 0 N–H and O–H groups in total. The smallest absolute Gasteiger partial charge is 0.305 e. The van der Waals surface area contributed by atoms with Gasteiger partial charge in [-0.25, -0.2) is 9.37 Å². The van der Waals surface area contributed by atoms with Gasteiger partial charge in [0.15, 0.2) is 6.29 Å². The lowest BCUT2D eigenvalue weighted by molar-refractivity contribution is -0.140. The number of nitrogens with zero attached hydrogens (tertiary/aromatic N) is 2. The summed E-state index contributed by atoms with van der Waals surface area (Å²) >= 11 is 0. The van der Waals surface area contributed by atoms with E-state index in [1.807, 2.05) is 0 Å². The molecular weight excluding hydrogens is 251 g/mol. The van der Waals surface area contributed by atoms with E-state index in [1.165, 1.54) is 19.4 Å². The highest BCUT2D eigenvalue weighted by atomic mass is 19.1. The van der Waals surface area contributed by atoms with Crippen molar-refractivity contribution >= 4 is 23.3 Å². The first-order valence-corrected chi connectivity index (χ1v) is 5.82. The Morgan fingerprint density at radius 3 is 3.05 bits per heavy atom. The number of aldehydes is 1. The maximum absolute atomic E-state index is 13.7. The molecule has 6 heteroatoms. The van der Waals surface area contributed by atoms with Gasteiger partial charge in [0, 0.05) is 30.9 Å². The predicted octanol–water partition coefficient (Wildman–Crippen LogP) is 1.94. The van der Waals surface area contributed by atoms with Crippen molar-refractivity contribution in [2.45, 2.75) is 19.4 Å². The van der Waals surface area contributed by atoms with Crippen molar-refractivity contribution < 1.29 is 18.7 Å². The molecule has 2 heterocycles. The number of carbonyl (C=O) groups is 2. The largest absolute Gasteiger partial charge is 0.469 e. The Balaban J connectivity index is 2.26. The van der Waals surface area contributed by atoms with Crippen molar-refractivity contribution in [1.82, 2.24) is 9.55 Å². The van der Waals surface area contributed by atoms with Crippen LogP contribution in [-0.4, -0.2) is 28.9 Å². The molecule has 100 valence electrons. The van der Waals surface area contributed by atoms with Gasteiger partial charge in [0.2, 0.25) is 0 Å². The van der Waals surface area contributed by atoms with E-state index in [0.29, 0.717) is 24.9 Å². The second kappa shape index (κ2) is 5.60. The zero-order chi connectivity index (χ0) is 13.8. The Hall–Kier alpha value is -2.24. The lowest BCUT2D eigenvalue weighted by Gasteiger charge is -2.03. The summed E-state index contributed by atoms with van der Waals surface area (Å²) < 4.78 is 19.9. The van der Waals surface area contributed by atoms with Crippen LogP contribution in [0.2, 0.25) is 0 Å². The molecule has 2 aromatic rings. The molecule has 0 bridgehead atoms. The molecule has 2 aromatic heterocycles. The maximum Gasteiger partial charge on any atom is 0.305 e. The lowest BCUT2D eigenvalue weighted by Crippen LogP contribution is -2.04.